The summed E-state index contributed by atoms with van der Waals surface area (Å²) in [5, 5.41) is 8.63. The third-order valence-corrected chi connectivity index (χ3v) is 2.35. The number of thiol groups is 1. The molecule has 0 atom stereocenters. The summed E-state index contributed by atoms with van der Waals surface area (Å²) in [5.41, 5.74) is 1.86. The molecule has 17 heavy (non-hydrogen) atoms. The normalized spacial score (nSPS) is 9.06. The average molecular weight is 247 g/mol. The van der Waals surface area contributed by atoms with Crippen molar-refractivity contribution >= 4 is 12.6 Å². The van der Waals surface area contributed by atoms with E-state index < -0.39 is 0 Å². The van der Waals surface area contributed by atoms with Gasteiger partial charge in [-0.1, -0.05) is 30.8 Å². The van der Waals surface area contributed by atoms with Gasteiger partial charge in [0, 0.05) is 18.8 Å². The summed E-state index contributed by atoms with van der Waals surface area (Å²) in [5.74, 6) is 0. The fourth-order valence-corrected chi connectivity index (χ4v) is 1.51. The zero-order valence-electron chi connectivity index (χ0n) is 9.66. The van der Waals surface area contributed by atoms with E-state index in [2.05, 4.69) is 12.6 Å². The molecular weight excluding hydrogens is 234 g/mol. The van der Waals surface area contributed by atoms with Crippen molar-refractivity contribution in [3.63, 3.8) is 0 Å². The highest BCUT2D eigenvalue weighted by molar-refractivity contribution is 7.85. The molecular formula is C12H13N3OS. The van der Waals surface area contributed by atoms with Gasteiger partial charge in [-0.3, -0.25) is 9.48 Å². The van der Waals surface area contributed by atoms with Gasteiger partial charge in [-0.05, 0) is 19.1 Å². The van der Waals surface area contributed by atoms with Crippen LogP contribution in [0.5, 0.6) is 0 Å². The number of nitriles is 1. The Morgan fingerprint density at radius 1 is 1.29 bits per heavy atom. The summed E-state index contributed by atoms with van der Waals surface area (Å²) >= 11 is 3.09. The number of benzene rings is 1. The Morgan fingerprint density at radius 2 is 1.82 bits per heavy atom. The number of aromatic nitrogens is 2. The Hall–Kier alpha value is -1.93. The number of thiocyanates is 1. The van der Waals surface area contributed by atoms with Crippen LogP contribution in [0.15, 0.2) is 41.2 Å². The lowest BCUT2D eigenvalue weighted by Crippen LogP contribution is -2.18. The third-order valence-electron chi connectivity index (χ3n) is 2.35. The molecule has 0 spiro atoms. The minimum atomic E-state index is 0.0104. The minimum Gasteiger partial charge on any atom is -0.285 e. The number of aryl methyl sites for hydroxylation is 1. The number of para-hydroxylation sites is 1. The molecule has 0 saturated heterocycles. The van der Waals surface area contributed by atoms with Gasteiger partial charge in [0.2, 0.25) is 0 Å². The fraction of sp³-hybridized carbons (Fsp3) is 0.167. The zero-order valence-corrected chi connectivity index (χ0v) is 10.6. The number of rotatable bonds is 1. The molecule has 0 unspecified atom stereocenters. The molecule has 0 radical (unpaired) electrons. The largest absolute Gasteiger partial charge is 0.285 e. The minimum absolute atomic E-state index is 0.0104. The van der Waals surface area contributed by atoms with Crippen LogP contribution < -0.4 is 5.56 Å². The van der Waals surface area contributed by atoms with Gasteiger partial charge >= 0.3 is 0 Å². The van der Waals surface area contributed by atoms with Crippen LogP contribution in [0.3, 0.4) is 0 Å². The van der Waals surface area contributed by atoms with Crippen LogP contribution in [0.2, 0.25) is 0 Å². The van der Waals surface area contributed by atoms with E-state index in [0.29, 0.717) is 0 Å². The van der Waals surface area contributed by atoms with Gasteiger partial charge in [0.15, 0.2) is 0 Å². The molecule has 4 nitrogen and oxygen atoms in total. The van der Waals surface area contributed by atoms with Crippen molar-refractivity contribution in [1.82, 2.24) is 9.36 Å². The Labute approximate surface area is 105 Å². The first-order valence-electron chi connectivity index (χ1n) is 4.96. The van der Waals surface area contributed by atoms with Crippen LogP contribution >= 0.6 is 12.6 Å². The molecule has 0 aliphatic rings. The predicted octanol–water partition coefficient (Wildman–Crippen LogP) is 1.88. The molecule has 0 aliphatic heterocycles. The molecule has 1 aromatic heterocycles. The van der Waals surface area contributed by atoms with Crippen molar-refractivity contribution in [3.8, 4) is 11.1 Å². The molecule has 0 N–H and O–H groups in total. The molecule has 0 aliphatic carbocycles. The highest BCUT2D eigenvalue weighted by Gasteiger charge is 2.05. The Morgan fingerprint density at radius 3 is 2.24 bits per heavy atom. The molecule has 0 saturated carbocycles. The summed E-state index contributed by atoms with van der Waals surface area (Å²) in [4.78, 5) is 11.6. The first-order chi connectivity index (χ1) is 8.11. The van der Waals surface area contributed by atoms with Gasteiger partial charge < -0.3 is 0 Å². The van der Waals surface area contributed by atoms with Crippen molar-refractivity contribution in [3.05, 3.63) is 52.4 Å². The quantitative estimate of drug-likeness (QED) is 0.618. The second-order valence-electron chi connectivity index (χ2n) is 3.39. The summed E-state index contributed by atoms with van der Waals surface area (Å²) in [6.07, 6.45) is 0. The molecule has 5 heteroatoms. The van der Waals surface area contributed by atoms with Crippen LogP contribution in [-0.4, -0.2) is 9.36 Å². The SMILES string of the molecule is Cc1cc(=O)n(-c2ccccc2)n1C.N#CS. The van der Waals surface area contributed by atoms with Gasteiger partial charge in [-0.25, -0.2) is 4.68 Å². The summed E-state index contributed by atoms with van der Waals surface area (Å²) in [6, 6.07) is 11.2. The van der Waals surface area contributed by atoms with Crippen LogP contribution in [0.25, 0.3) is 5.69 Å². The van der Waals surface area contributed by atoms with E-state index in [1.54, 1.807) is 10.7 Å². The van der Waals surface area contributed by atoms with Crippen molar-refractivity contribution in [2.24, 2.45) is 7.05 Å². The van der Waals surface area contributed by atoms with Gasteiger partial charge in [0.25, 0.3) is 5.56 Å². The monoisotopic (exact) mass is 247 g/mol. The highest BCUT2D eigenvalue weighted by atomic mass is 32.1. The van der Waals surface area contributed by atoms with E-state index in [9.17, 15) is 4.79 Å². The molecule has 2 rings (SSSR count). The number of nitrogens with zero attached hydrogens (tertiary/aromatic N) is 3. The van der Waals surface area contributed by atoms with Crippen molar-refractivity contribution in [2.75, 3.05) is 0 Å². The van der Waals surface area contributed by atoms with Crippen LogP contribution in [0.4, 0.5) is 0 Å². The predicted molar refractivity (Wildman–Crippen MR) is 70.3 cm³/mol. The van der Waals surface area contributed by atoms with Crippen LogP contribution in [0.1, 0.15) is 5.69 Å². The van der Waals surface area contributed by atoms with Crippen molar-refractivity contribution in [2.45, 2.75) is 6.92 Å². The maximum Gasteiger partial charge on any atom is 0.271 e. The Kier molecular flexibility index (Phi) is 4.61. The Balaban J connectivity index is 0.000000437. The molecule has 2 aromatic rings. The van der Waals surface area contributed by atoms with Gasteiger partial charge in [-0.15, -0.1) is 0 Å². The van der Waals surface area contributed by atoms with Crippen LogP contribution in [-0.2, 0) is 7.05 Å². The second-order valence-corrected chi connectivity index (χ2v) is 3.59. The summed E-state index contributed by atoms with van der Waals surface area (Å²) < 4.78 is 3.49. The lowest BCUT2D eigenvalue weighted by Gasteiger charge is -2.07. The topological polar surface area (TPSA) is 50.7 Å². The van der Waals surface area contributed by atoms with E-state index in [1.807, 2.05) is 49.0 Å². The first kappa shape index (κ1) is 13.1. The van der Waals surface area contributed by atoms with Crippen molar-refractivity contribution in [1.29, 1.82) is 5.26 Å². The molecule has 88 valence electrons. The summed E-state index contributed by atoms with van der Waals surface area (Å²) in [6.45, 7) is 1.92. The van der Waals surface area contributed by atoms with E-state index in [-0.39, 0.29) is 5.56 Å². The average Bonchev–Trinajstić information content (AvgIpc) is 2.55. The lowest BCUT2D eigenvalue weighted by molar-refractivity contribution is 0.630. The van der Waals surface area contributed by atoms with Crippen LogP contribution in [0, 0.1) is 17.6 Å². The molecule has 1 aromatic carbocycles. The summed E-state index contributed by atoms with van der Waals surface area (Å²) in [7, 11) is 1.88. The maximum atomic E-state index is 11.6. The lowest BCUT2D eigenvalue weighted by atomic mass is 10.3. The molecule has 0 amide bonds. The number of hydrogen-bond acceptors (Lipinski definition) is 3. The molecule has 0 fully saturated rings. The Bertz CT molecular complexity index is 578. The van der Waals surface area contributed by atoms with E-state index in [4.69, 9.17) is 5.26 Å². The van der Waals surface area contributed by atoms with E-state index in [1.165, 1.54) is 5.40 Å². The van der Waals surface area contributed by atoms with E-state index in [0.717, 1.165) is 11.4 Å². The fourth-order valence-electron chi connectivity index (χ4n) is 1.51. The van der Waals surface area contributed by atoms with Gasteiger partial charge in [-0.2, -0.15) is 5.26 Å². The van der Waals surface area contributed by atoms with Crippen molar-refractivity contribution < 1.29 is 0 Å². The molecule has 0 bridgehead atoms. The van der Waals surface area contributed by atoms with Gasteiger partial charge in [0.1, 0.15) is 5.40 Å². The first-order valence-corrected chi connectivity index (χ1v) is 5.40. The number of hydrogen-bond donors (Lipinski definition) is 1. The van der Waals surface area contributed by atoms with Gasteiger partial charge in [0.05, 0.1) is 5.69 Å². The second kappa shape index (κ2) is 5.97. The standard InChI is InChI=1S/C11H12N2O.CHNS/c1-9-8-11(14)13(12(9)2)10-6-4-3-5-7-10;2-1-3/h3-8H,1-2H3;3H. The molecule has 1 heterocycles. The van der Waals surface area contributed by atoms with E-state index >= 15 is 0 Å². The zero-order chi connectivity index (χ0) is 12.8. The maximum absolute atomic E-state index is 11.6. The smallest absolute Gasteiger partial charge is 0.271 e. The third kappa shape index (κ3) is 3.02. The highest BCUT2D eigenvalue weighted by Crippen LogP contribution is 2.04.